The Kier molecular flexibility index (Phi) is 7.32. The van der Waals surface area contributed by atoms with E-state index in [0.717, 1.165) is 19.4 Å². The summed E-state index contributed by atoms with van der Waals surface area (Å²) < 4.78 is 0. The third-order valence-electron chi connectivity index (χ3n) is 4.31. The average Bonchev–Trinajstić information content (AvgIpc) is 2.51. The Bertz CT molecular complexity index is 409. The van der Waals surface area contributed by atoms with E-state index in [-0.39, 0.29) is 23.3 Å². The van der Waals surface area contributed by atoms with Gasteiger partial charge in [-0.1, -0.05) is 27.7 Å². The van der Waals surface area contributed by atoms with Gasteiger partial charge < -0.3 is 20.9 Å². The number of urea groups is 1. The van der Waals surface area contributed by atoms with Gasteiger partial charge in [0, 0.05) is 33.2 Å². The molecule has 6 nitrogen and oxygen atoms in total. The van der Waals surface area contributed by atoms with Crippen LogP contribution in [-0.4, -0.2) is 61.5 Å². The highest BCUT2D eigenvalue weighted by Crippen LogP contribution is 2.21. The summed E-state index contributed by atoms with van der Waals surface area (Å²) in [5.74, 6) is 0.436. The zero-order valence-corrected chi connectivity index (χ0v) is 15.4. The van der Waals surface area contributed by atoms with Crippen LogP contribution in [0.1, 0.15) is 40.5 Å². The molecular formula is C17H34N4O2. The van der Waals surface area contributed by atoms with Crippen molar-refractivity contribution in [2.24, 2.45) is 23.0 Å². The number of nitrogens with one attached hydrogen (secondary N) is 1. The van der Waals surface area contributed by atoms with Crippen molar-refractivity contribution >= 4 is 11.9 Å². The van der Waals surface area contributed by atoms with Gasteiger partial charge in [0.2, 0.25) is 5.91 Å². The van der Waals surface area contributed by atoms with Gasteiger partial charge in [0.05, 0.1) is 5.92 Å². The van der Waals surface area contributed by atoms with Crippen LogP contribution in [-0.2, 0) is 4.79 Å². The molecule has 23 heavy (non-hydrogen) atoms. The molecule has 0 radical (unpaired) electrons. The number of piperidine rings is 1. The number of rotatable bonds is 6. The summed E-state index contributed by atoms with van der Waals surface area (Å²) in [6, 6.07) is -0.0545. The fourth-order valence-corrected chi connectivity index (χ4v) is 2.86. The lowest BCUT2D eigenvalue weighted by molar-refractivity contribution is -0.136. The van der Waals surface area contributed by atoms with Crippen molar-refractivity contribution in [3.8, 4) is 0 Å². The van der Waals surface area contributed by atoms with Gasteiger partial charge in [-0.2, -0.15) is 0 Å². The maximum atomic E-state index is 12.7. The Morgan fingerprint density at radius 1 is 1.39 bits per heavy atom. The predicted molar refractivity (Wildman–Crippen MR) is 93.0 cm³/mol. The highest BCUT2D eigenvalue weighted by atomic mass is 16.2. The fraction of sp³-hybridized carbons (Fsp3) is 0.882. The third kappa shape index (κ3) is 6.37. The zero-order chi connectivity index (χ0) is 17.6. The van der Waals surface area contributed by atoms with Crippen LogP contribution in [0.5, 0.6) is 0 Å². The van der Waals surface area contributed by atoms with E-state index in [1.165, 1.54) is 0 Å². The number of carbonyl (C=O) groups excluding carboxylic acids is 2. The summed E-state index contributed by atoms with van der Waals surface area (Å²) in [4.78, 5) is 28.4. The van der Waals surface area contributed by atoms with Crippen LogP contribution in [0.2, 0.25) is 0 Å². The average molecular weight is 326 g/mol. The standard InChI is InChI=1S/C17H34N4O2/c1-13(2)9-19-16(23)21-8-6-7-14(10-21)15(22)20(5)12-17(3,4)11-18/h13-14H,6-12,18H2,1-5H3,(H,19,23). The van der Waals surface area contributed by atoms with Crippen molar-refractivity contribution in [1.82, 2.24) is 15.1 Å². The minimum atomic E-state index is -0.105. The highest BCUT2D eigenvalue weighted by molar-refractivity contribution is 5.80. The summed E-state index contributed by atoms with van der Waals surface area (Å²) in [5.41, 5.74) is 5.66. The van der Waals surface area contributed by atoms with Crippen molar-refractivity contribution < 1.29 is 9.59 Å². The number of nitrogens with two attached hydrogens (primary N) is 1. The van der Waals surface area contributed by atoms with Crippen molar-refractivity contribution in [3.05, 3.63) is 0 Å². The molecule has 1 aliphatic heterocycles. The first-order valence-corrected chi connectivity index (χ1v) is 8.64. The number of hydrogen-bond donors (Lipinski definition) is 2. The third-order valence-corrected chi connectivity index (χ3v) is 4.31. The first-order valence-electron chi connectivity index (χ1n) is 8.64. The second-order valence-corrected chi connectivity index (χ2v) is 7.93. The van der Waals surface area contributed by atoms with Gasteiger partial charge in [0.25, 0.3) is 0 Å². The summed E-state index contributed by atoms with van der Waals surface area (Å²) in [5, 5.41) is 2.93. The molecule has 0 spiro atoms. The molecule has 3 N–H and O–H groups in total. The highest BCUT2D eigenvalue weighted by Gasteiger charge is 2.31. The van der Waals surface area contributed by atoms with E-state index in [9.17, 15) is 9.59 Å². The molecule has 6 heteroatoms. The Morgan fingerprint density at radius 3 is 2.61 bits per heavy atom. The molecule has 0 aromatic carbocycles. The van der Waals surface area contributed by atoms with Gasteiger partial charge in [0.15, 0.2) is 0 Å². The molecule has 1 heterocycles. The quantitative estimate of drug-likeness (QED) is 0.776. The number of nitrogens with zero attached hydrogens (tertiary/aromatic N) is 2. The second kappa shape index (κ2) is 8.52. The number of likely N-dealkylation sites (tertiary alicyclic amines) is 1. The Balaban J connectivity index is 2.56. The molecular weight excluding hydrogens is 292 g/mol. The maximum Gasteiger partial charge on any atom is 0.317 e. The zero-order valence-electron chi connectivity index (χ0n) is 15.4. The van der Waals surface area contributed by atoms with Gasteiger partial charge in [-0.25, -0.2) is 4.79 Å². The number of carbonyl (C=O) groups is 2. The second-order valence-electron chi connectivity index (χ2n) is 7.93. The first kappa shape index (κ1) is 19.7. The lowest BCUT2D eigenvalue weighted by atomic mass is 9.91. The Labute approximate surface area is 140 Å². The molecule has 0 aromatic rings. The normalized spacial score (nSPS) is 18.9. The fourth-order valence-electron chi connectivity index (χ4n) is 2.86. The van der Waals surface area contributed by atoms with Crippen LogP contribution < -0.4 is 11.1 Å². The van der Waals surface area contributed by atoms with E-state index in [1.54, 1.807) is 9.80 Å². The van der Waals surface area contributed by atoms with Crippen LogP contribution >= 0.6 is 0 Å². The first-order chi connectivity index (χ1) is 10.7. The lowest BCUT2D eigenvalue weighted by Crippen LogP contribution is -2.50. The van der Waals surface area contributed by atoms with Crippen LogP contribution in [0.25, 0.3) is 0 Å². The minimum Gasteiger partial charge on any atom is -0.345 e. The molecule has 0 bridgehead atoms. The van der Waals surface area contributed by atoms with Gasteiger partial charge in [-0.05, 0) is 30.7 Å². The number of amides is 3. The van der Waals surface area contributed by atoms with Crippen molar-refractivity contribution in [2.45, 2.75) is 40.5 Å². The minimum absolute atomic E-state index is 0.0545. The topological polar surface area (TPSA) is 78.7 Å². The lowest BCUT2D eigenvalue weighted by Gasteiger charge is -2.36. The van der Waals surface area contributed by atoms with Gasteiger partial charge in [0.1, 0.15) is 0 Å². The van der Waals surface area contributed by atoms with Crippen molar-refractivity contribution in [1.29, 1.82) is 0 Å². The van der Waals surface area contributed by atoms with Gasteiger partial charge >= 0.3 is 6.03 Å². The van der Waals surface area contributed by atoms with E-state index in [4.69, 9.17) is 5.73 Å². The molecule has 0 aliphatic carbocycles. The maximum absolute atomic E-state index is 12.7. The monoisotopic (exact) mass is 326 g/mol. The molecule has 0 aromatic heterocycles. The molecule has 1 aliphatic rings. The van der Waals surface area contributed by atoms with E-state index >= 15 is 0 Å². The Morgan fingerprint density at radius 2 is 2.04 bits per heavy atom. The van der Waals surface area contributed by atoms with Crippen LogP contribution in [0.4, 0.5) is 4.79 Å². The molecule has 134 valence electrons. The molecule has 1 fully saturated rings. The smallest absolute Gasteiger partial charge is 0.317 e. The SMILES string of the molecule is CC(C)CNC(=O)N1CCCC(C(=O)N(C)CC(C)(C)CN)C1. The van der Waals surface area contributed by atoms with Gasteiger partial charge in [-0.15, -0.1) is 0 Å². The molecule has 3 amide bonds. The summed E-state index contributed by atoms with van der Waals surface area (Å²) in [7, 11) is 1.83. The van der Waals surface area contributed by atoms with Crippen LogP contribution in [0, 0.1) is 17.3 Å². The summed E-state index contributed by atoms with van der Waals surface area (Å²) in [6.45, 7) is 11.3. The van der Waals surface area contributed by atoms with Crippen LogP contribution in [0.15, 0.2) is 0 Å². The van der Waals surface area contributed by atoms with Crippen molar-refractivity contribution in [2.75, 3.05) is 39.8 Å². The van der Waals surface area contributed by atoms with E-state index < -0.39 is 0 Å². The van der Waals surface area contributed by atoms with E-state index in [2.05, 4.69) is 33.0 Å². The summed E-state index contributed by atoms with van der Waals surface area (Å²) >= 11 is 0. The van der Waals surface area contributed by atoms with Crippen LogP contribution in [0.3, 0.4) is 0 Å². The molecule has 1 atom stereocenters. The summed E-state index contributed by atoms with van der Waals surface area (Å²) in [6.07, 6.45) is 1.72. The van der Waals surface area contributed by atoms with Gasteiger partial charge in [-0.3, -0.25) is 4.79 Å². The number of hydrogen-bond acceptors (Lipinski definition) is 3. The molecule has 0 saturated carbocycles. The molecule has 1 unspecified atom stereocenters. The Hall–Kier alpha value is -1.30. The largest absolute Gasteiger partial charge is 0.345 e. The molecule has 1 rings (SSSR count). The van der Waals surface area contributed by atoms with E-state index in [0.29, 0.717) is 32.1 Å². The van der Waals surface area contributed by atoms with Crippen molar-refractivity contribution in [3.63, 3.8) is 0 Å². The predicted octanol–water partition coefficient (Wildman–Crippen LogP) is 1.51. The molecule has 1 saturated heterocycles. The van der Waals surface area contributed by atoms with E-state index in [1.807, 2.05) is 7.05 Å².